The Labute approximate surface area is 133 Å². The average Bonchev–Trinajstić information content (AvgIpc) is 2.46. The summed E-state index contributed by atoms with van der Waals surface area (Å²) >= 11 is 6.44. The van der Waals surface area contributed by atoms with Crippen LogP contribution in [-0.2, 0) is 13.0 Å². The molecule has 0 aliphatic heterocycles. The molecule has 0 radical (unpaired) electrons. The van der Waals surface area contributed by atoms with Crippen LogP contribution in [0.1, 0.15) is 31.9 Å². The molecule has 2 rings (SSSR count). The Balaban J connectivity index is 2.17. The van der Waals surface area contributed by atoms with Gasteiger partial charge in [-0.3, -0.25) is 0 Å². The van der Waals surface area contributed by atoms with E-state index in [1.165, 1.54) is 16.7 Å². The predicted octanol–water partition coefficient (Wildman–Crippen LogP) is 5.32. The standard InChI is InChI=1S/C19H24ClN/c1-4-21-13-16-7-10-18(19(20)12-16)17-8-5-15(6-9-17)11-14(2)3/h5-10,12,14,21H,4,11,13H2,1-3H3. The molecule has 0 bridgehead atoms. The van der Waals surface area contributed by atoms with E-state index < -0.39 is 0 Å². The van der Waals surface area contributed by atoms with Crippen molar-refractivity contribution >= 4 is 11.6 Å². The maximum Gasteiger partial charge on any atom is 0.0487 e. The highest BCUT2D eigenvalue weighted by atomic mass is 35.5. The van der Waals surface area contributed by atoms with E-state index in [-0.39, 0.29) is 0 Å². The van der Waals surface area contributed by atoms with Crippen LogP contribution in [0.5, 0.6) is 0 Å². The van der Waals surface area contributed by atoms with Gasteiger partial charge in [0.15, 0.2) is 0 Å². The Morgan fingerprint density at radius 1 is 1.00 bits per heavy atom. The summed E-state index contributed by atoms with van der Waals surface area (Å²) in [5.74, 6) is 0.685. The molecule has 0 amide bonds. The second-order valence-electron chi connectivity index (χ2n) is 5.89. The van der Waals surface area contributed by atoms with E-state index in [9.17, 15) is 0 Å². The molecule has 2 heteroatoms. The van der Waals surface area contributed by atoms with Crippen LogP contribution in [0.2, 0.25) is 5.02 Å². The van der Waals surface area contributed by atoms with E-state index in [0.717, 1.165) is 30.1 Å². The molecule has 1 N–H and O–H groups in total. The van der Waals surface area contributed by atoms with Crippen LogP contribution in [-0.4, -0.2) is 6.54 Å². The first-order valence-electron chi connectivity index (χ1n) is 7.68. The molecule has 2 aromatic carbocycles. The molecule has 0 heterocycles. The first-order valence-corrected chi connectivity index (χ1v) is 8.06. The molecule has 0 aliphatic carbocycles. The fraction of sp³-hybridized carbons (Fsp3) is 0.368. The number of nitrogens with one attached hydrogen (secondary N) is 1. The topological polar surface area (TPSA) is 12.0 Å². The van der Waals surface area contributed by atoms with Gasteiger partial charge >= 0.3 is 0 Å². The van der Waals surface area contributed by atoms with Crippen LogP contribution in [0.4, 0.5) is 0 Å². The number of halogens is 1. The summed E-state index contributed by atoms with van der Waals surface area (Å²) in [5.41, 5.74) is 4.89. The monoisotopic (exact) mass is 301 g/mol. The zero-order valence-electron chi connectivity index (χ0n) is 13.1. The molecule has 0 aromatic heterocycles. The van der Waals surface area contributed by atoms with Gasteiger partial charge < -0.3 is 5.32 Å². The third-order valence-corrected chi connectivity index (χ3v) is 3.83. The molecule has 0 atom stereocenters. The largest absolute Gasteiger partial charge is 0.313 e. The second-order valence-corrected chi connectivity index (χ2v) is 6.30. The Morgan fingerprint density at radius 3 is 2.24 bits per heavy atom. The van der Waals surface area contributed by atoms with Crippen molar-refractivity contribution in [3.63, 3.8) is 0 Å². The lowest BCUT2D eigenvalue weighted by Gasteiger charge is -2.10. The van der Waals surface area contributed by atoms with Gasteiger partial charge in [-0.15, -0.1) is 0 Å². The van der Waals surface area contributed by atoms with E-state index >= 15 is 0 Å². The lowest BCUT2D eigenvalue weighted by atomic mass is 9.98. The summed E-state index contributed by atoms with van der Waals surface area (Å²) in [6.07, 6.45) is 1.12. The van der Waals surface area contributed by atoms with Gasteiger partial charge in [0.1, 0.15) is 0 Å². The van der Waals surface area contributed by atoms with Crippen molar-refractivity contribution < 1.29 is 0 Å². The first-order chi connectivity index (χ1) is 10.1. The van der Waals surface area contributed by atoms with Gasteiger partial charge in [-0.2, -0.15) is 0 Å². The van der Waals surface area contributed by atoms with Crippen molar-refractivity contribution in [1.82, 2.24) is 5.32 Å². The zero-order chi connectivity index (χ0) is 15.2. The van der Waals surface area contributed by atoms with E-state index in [4.69, 9.17) is 11.6 Å². The molecule has 21 heavy (non-hydrogen) atoms. The van der Waals surface area contributed by atoms with Gasteiger partial charge in [-0.25, -0.2) is 0 Å². The summed E-state index contributed by atoms with van der Waals surface area (Å²) in [6.45, 7) is 8.43. The quantitative estimate of drug-likeness (QED) is 0.762. The maximum absolute atomic E-state index is 6.44. The van der Waals surface area contributed by atoms with E-state index in [1.54, 1.807) is 0 Å². The zero-order valence-corrected chi connectivity index (χ0v) is 13.9. The highest BCUT2D eigenvalue weighted by Gasteiger charge is 2.05. The molecular weight excluding hydrogens is 278 g/mol. The lowest BCUT2D eigenvalue weighted by molar-refractivity contribution is 0.647. The second kappa shape index (κ2) is 7.63. The lowest BCUT2D eigenvalue weighted by Crippen LogP contribution is -2.11. The van der Waals surface area contributed by atoms with Crippen LogP contribution in [0, 0.1) is 5.92 Å². The van der Waals surface area contributed by atoms with Crippen molar-refractivity contribution in [1.29, 1.82) is 0 Å². The van der Waals surface area contributed by atoms with Crippen LogP contribution in [0.3, 0.4) is 0 Å². The molecule has 1 nitrogen and oxygen atoms in total. The highest BCUT2D eigenvalue weighted by Crippen LogP contribution is 2.29. The molecule has 112 valence electrons. The summed E-state index contributed by atoms with van der Waals surface area (Å²) in [5, 5.41) is 4.14. The normalized spacial score (nSPS) is 11.1. The maximum atomic E-state index is 6.44. The van der Waals surface area contributed by atoms with E-state index in [0.29, 0.717) is 5.92 Å². The van der Waals surface area contributed by atoms with E-state index in [1.807, 2.05) is 0 Å². The van der Waals surface area contributed by atoms with E-state index in [2.05, 4.69) is 68.6 Å². The molecule has 0 aliphatic rings. The number of benzene rings is 2. The summed E-state index contributed by atoms with van der Waals surface area (Å²) in [6, 6.07) is 15.1. The summed E-state index contributed by atoms with van der Waals surface area (Å²) in [4.78, 5) is 0. The Kier molecular flexibility index (Phi) is 5.84. The minimum absolute atomic E-state index is 0.685. The van der Waals surface area contributed by atoms with Crippen LogP contribution < -0.4 is 5.32 Å². The van der Waals surface area contributed by atoms with Crippen molar-refractivity contribution in [3.05, 3.63) is 58.6 Å². The van der Waals surface area contributed by atoms with Crippen molar-refractivity contribution in [2.75, 3.05) is 6.54 Å². The minimum Gasteiger partial charge on any atom is -0.313 e. The Bertz CT molecular complexity index is 573. The Morgan fingerprint density at radius 2 is 1.67 bits per heavy atom. The van der Waals surface area contributed by atoms with Crippen LogP contribution >= 0.6 is 11.6 Å². The summed E-state index contributed by atoms with van der Waals surface area (Å²) < 4.78 is 0. The molecule has 0 spiro atoms. The third-order valence-electron chi connectivity index (χ3n) is 3.52. The van der Waals surface area contributed by atoms with Gasteiger partial charge in [0.25, 0.3) is 0 Å². The number of hydrogen-bond acceptors (Lipinski definition) is 1. The van der Waals surface area contributed by atoms with Crippen LogP contribution in [0.15, 0.2) is 42.5 Å². The summed E-state index contributed by atoms with van der Waals surface area (Å²) in [7, 11) is 0. The van der Waals surface area contributed by atoms with Gasteiger partial charge in [0.05, 0.1) is 0 Å². The van der Waals surface area contributed by atoms with Crippen molar-refractivity contribution in [2.45, 2.75) is 33.7 Å². The fourth-order valence-corrected chi connectivity index (χ4v) is 2.78. The first kappa shape index (κ1) is 16.1. The van der Waals surface area contributed by atoms with Crippen molar-refractivity contribution in [2.24, 2.45) is 5.92 Å². The van der Waals surface area contributed by atoms with Crippen molar-refractivity contribution in [3.8, 4) is 11.1 Å². The van der Waals surface area contributed by atoms with Gasteiger partial charge in [0, 0.05) is 17.1 Å². The van der Waals surface area contributed by atoms with Gasteiger partial charge in [-0.05, 0) is 41.6 Å². The van der Waals surface area contributed by atoms with Crippen LogP contribution in [0.25, 0.3) is 11.1 Å². The molecule has 0 saturated heterocycles. The van der Waals surface area contributed by atoms with Gasteiger partial charge in [-0.1, -0.05) is 68.8 Å². The average molecular weight is 302 g/mol. The Hall–Kier alpha value is -1.31. The highest BCUT2D eigenvalue weighted by molar-refractivity contribution is 6.33. The van der Waals surface area contributed by atoms with Gasteiger partial charge in [0.2, 0.25) is 0 Å². The molecule has 0 saturated carbocycles. The number of hydrogen-bond donors (Lipinski definition) is 1. The predicted molar refractivity (Wildman–Crippen MR) is 92.8 cm³/mol. The fourth-order valence-electron chi connectivity index (χ4n) is 2.46. The smallest absolute Gasteiger partial charge is 0.0487 e. The molecule has 0 unspecified atom stereocenters. The third kappa shape index (κ3) is 4.59. The SMILES string of the molecule is CCNCc1ccc(-c2ccc(CC(C)C)cc2)c(Cl)c1. The molecule has 0 fully saturated rings. The number of rotatable bonds is 6. The molecular formula is C19H24ClN. The minimum atomic E-state index is 0.685. The molecule has 2 aromatic rings.